The lowest BCUT2D eigenvalue weighted by atomic mass is 9.88. The third-order valence-electron chi connectivity index (χ3n) is 8.37. The molecule has 2 aromatic rings. The van der Waals surface area contributed by atoms with Crippen LogP contribution in [0.25, 0.3) is 0 Å². The van der Waals surface area contributed by atoms with Crippen molar-refractivity contribution in [3.05, 3.63) is 41.3 Å². The molecule has 4 aliphatic heterocycles. The molecule has 194 valence electrons. The van der Waals surface area contributed by atoms with Crippen LogP contribution in [0, 0.1) is 17.8 Å². The Morgan fingerprint density at radius 3 is 2.84 bits per heavy atom. The van der Waals surface area contributed by atoms with E-state index in [-0.39, 0.29) is 24.1 Å². The molecule has 0 bridgehead atoms. The number of nitrogens with one attached hydrogen (secondary N) is 1. The van der Waals surface area contributed by atoms with E-state index in [0.29, 0.717) is 36.6 Å². The lowest BCUT2D eigenvalue weighted by molar-refractivity contribution is 0.0643. The summed E-state index contributed by atoms with van der Waals surface area (Å²) >= 11 is 0. The van der Waals surface area contributed by atoms with Crippen molar-refractivity contribution in [2.24, 2.45) is 22.7 Å². The van der Waals surface area contributed by atoms with Crippen LogP contribution in [-0.4, -0.2) is 78.2 Å². The third kappa shape index (κ3) is 4.57. The molecule has 10 nitrogen and oxygen atoms in total. The van der Waals surface area contributed by atoms with Crippen molar-refractivity contribution in [2.45, 2.75) is 44.4 Å². The largest absolute Gasteiger partial charge is 0.461 e. The second-order valence-corrected chi connectivity index (χ2v) is 10.7. The topological polar surface area (TPSA) is 111 Å². The first kappa shape index (κ1) is 23.0. The Kier molecular flexibility index (Phi) is 6.01. The highest BCUT2D eigenvalue weighted by atomic mass is 16.5. The highest BCUT2D eigenvalue weighted by molar-refractivity contribution is 6.04. The first-order valence-electron chi connectivity index (χ1n) is 13.5. The molecule has 2 aromatic heterocycles. The average Bonchev–Trinajstić information content (AvgIpc) is 3.47. The van der Waals surface area contributed by atoms with Crippen LogP contribution in [0.1, 0.15) is 47.4 Å². The predicted octanol–water partition coefficient (Wildman–Crippen LogP) is 2.02. The van der Waals surface area contributed by atoms with Gasteiger partial charge in [-0.25, -0.2) is 0 Å². The second-order valence-electron chi connectivity index (χ2n) is 10.7. The molecular weight excluding hydrogens is 472 g/mol. The minimum absolute atomic E-state index is 0.0515. The minimum atomic E-state index is -0.177. The fourth-order valence-electron chi connectivity index (χ4n) is 6.15. The molecule has 4 atom stereocenters. The number of pyridine rings is 1. The van der Waals surface area contributed by atoms with Gasteiger partial charge in [0.15, 0.2) is 0 Å². The summed E-state index contributed by atoms with van der Waals surface area (Å²) in [6.45, 7) is 4.93. The molecule has 4 fully saturated rings. The number of carbonyl (C=O) groups excluding carboxylic acids is 1. The summed E-state index contributed by atoms with van der Waals surface area (Å²) in [5.41, 5.74) is 3.80. The molecule has 1 amide bonds. The smallest absolute Gasteiger partial charge is 0.319 e. The van der Waals surface area contributed by atoms with Crippen LogP contribution in [0.5, 0.6) is 6.01 Å². The molecule has 0 spiro atoms. The molecule has 37 heavy (non-hydrogen) atoms. The number of ether oxygens (including phenoxy) is 3. The van der Waals surface area contributed by atoms with E-state index in [2.05, 4.69) is 26.3 Å². The monoisotopic (exact) mass is 504 g/mol. The van der Waals surface area contributed by atoms with E-state index in [4.69, 9.17) is 24.2 Å². The van der Waals surface area contributed by atoms with Gasteiger partial charge in [0.1, 0.15) is 18.1 Å². The van der Waals surface area contributed by atoms with E-state index >= 15 is 0 Å². The van der Waals surface area contributed by atoms with Crippen LogP contribution in [-0.2, 0) is 16.0 Å². The molecule has 5 aliphatic rings. The standard InChI is InChI=1S/C27H32N6O4/c34-26(32-25-19-14-35-15-20(19)25)21-11-23(31-27(30-21)37-13-17-3-2-10-36-17)33-8-5-16(6-9-33)24-18-4-1-7-28-22(18)12-29-24/h1,4,7,11,16-17,19-20,25H,2-3,5-6,8-10,12-15H2,(H,32,34)/t17-,19-,20+,25?/m1/s1. The van der Waals surface area contributed by atoms with Crippen molar-refractivity contribution >= 4 is 17.4 Å². The summed E-state index contributed by atoms with van der Waals surface area (Å²) < 4.78 is 17.1. The predicted molar refractivity (Wildman–Crippen MR) is 135 cm³/mol. The molecule has 3 saturated heterocycles. The fraction of sp³-hybridized carbons (Fsp3) is 0.593. The normalized spacial score (nSPS) is 28.5. The van der Waals surface area contributed by atoms with Gasteiger partial charge in [-0.1, -0.05) is 0 Å². The maximum absolute atomic E-state index is 13.2. The maximum Gasteiger partial charge on any atom is 0.319 e. The number of rotatable bonds is 7. The molecule has 10 heteroatoms. The van der Waals surface area contributed by atoms with E-state index in [1.54, 1.807) is 6.07 Å². The fourth-order valence-corrected chi connectivity index (χ4v) is 6.15. The zero-order valence-electron chi connectivity index (χ0n) is 20.8. The number of piperidine rings is 1. The van der Waals surface area contributed by atoms with Gasteiger partial charge in [0.25, 0.3) is 5.91 Å². The van der Waals surface area contributed by atoms with Gasteiger partial charge in [0.05, 0.1) is 31.6 Å². The van der Waals surface area contributed by atoms with Gasteiger partial charge in [-0.15, -0.1) is 0 Å². The average molecular weight is 505 g/mol. The highest BCUT2D eigenvalue weighted by Crippen LogP contribution is 2.44. The van der Waals surface area contributed by atoms with Gasteiger partial charge in [-0.2, -0.15) is 9.97 Å². The number of aromatic nitrogens is 3. The van der Waals surface area contributed by atoms with E-state index < -0.39 is 0 Å². The van der Waals surface area contributed by atoms with Gasteiger partial charge >= 0.3 is 6.01 Å². The summed E-state index contributed by atoms with van der Waals surface area (Å²) in [6, 6.07) is 6.34. The first-order chi connectivity index (χ1) is 18.2. The molecule has 1 aliphatic carbocycles. The Morgan fingerprint density at radius 2 is 2.03 bits per heavy atom. The first-order valence-corrected chi connectivity index (χ1v) is 13.5. The van der Waals surface area contributed by atoms with Crippen LogP contribution >= 0.6 is 0 Å². The van der Waals surface area contributed by atoms with Crippen LogP contribution in [0.4, 0.5) is 5.82 Å². The zero-order chi connectivity index (χ0) is 24.8. The number of nitrogens with zero attached hydrogens (tertiary/aromatic N) is 5. The molecule has 1 saturated carbocycles. The molecule has 7 rings (SSSR count). The molecule has 6 heterocycles. The van der Waals surface area contributed by atoms with Gasteiger partial charge in [0.2, 0.25) is 0 Å². The summed E-state index contributed by atoms with van der Waals surface area (Å²) in [4.78, 5) is 33.9. The van der Waals surface area contributed by atoms with Gasteiger partial charge in [-0.3, -0.25) is 14.8 Å². The lowest BCUT2D eigenvalue weighted by Gasteiger charge is -2.33. The van der Waals surface area contributed by atoms with Gasteiger partial charge in [-0.05, 0) is 37.8 Å². The Bertz CT molecular complexity index is 1200. The Morgan fingerprint density at radius 1 is 1.16 bits per heavy atom. The van der Waals surface area contributed by atoms with Crippen molar-refractivity contribution in [2.75, 3.05) is 44.4 Å². The summed E-state index contributed by atoms with van der Waals surface area (Å²) in [6.07, 6.45) is 5.83. The number of fused-ring (bicyclic) bond motifs is 2. The quantitative estimate of drug-likeness (QED) is 0.610. The highest BCUT2D eigenvalue weighted by Gasteiger charge is 2.54. The van der Waals surface area contributed by atoms with E-state index in [9.17, 15) is 4.79 Å². The van der Waals surface area contributed by atoms with Crippen molar-refractivity contribution in [1.29, 1.82) is 0 Å². The summed E-state index contributed by atoms with van der Waals surface area (Å²) in [5.74, 6) is 1.81. The molecule has 1 N–H and O–H groups in total. The molecule has 0 aromatic carbocycles. The number of aliphatic imine (C=N–C) groups is 1. The molecular formula is C27H32N6O4. The van der Waals surface area contributed by atoms with Crippen molar-refractivity contribution in [3.8, 4) is 6.01 Å². The van der Waals surface area contributed by atoms with Crippen LogP contribution < -0.4 is 15.0 Å². The third-order valence-corrected chi connectivity index (χ3v) is 8.37. The van der Waals surface area contributed by atoms with Gasteiger partial charge < -0.3 is 24.4 Å². The zero-order valence-corrected chi connectivity index (χ0v) is 20.8. The second kappa shape index (κ2) is 9.64. The van der Waals surface area contributed by atoms with E-state index in [1.165, 1.54) is 11.3 Å². The van der Waals surface area contributed by atoms with Crippen LogP contribution in [0.15, 0.2) is 29.4 Å². The van der Waals surface area contributed by atoms with Crippen molar-refractivity contribution in [1.82, 2.24) is 20.3 Å². The van der Waals surface area contributed by atoms with Crippen LogP contribution in [0.3, 0.4) is 0 Å². The SMILES string of the molecule is O=C(NC1[C@H]2COC[C@@H]12)c1cc(N2CCC(C3=NCc4ncccc43)CC2)nc(OC[C@H]2CCCO2)n1. The number of hydrogen-bond donors (Lipinski definition) is 1. The number of amides is 1. The number of anilines is 1. The van der Waals surface area contributed by atoms with Crippen molar-refractivity contribution in [3.63, 3.8) is 0 Å². The molecule has 1 unspecified atom stereocenters. The Hall–Kier alpha value is -3.11. The molecule has 0 radical (unpaired) electrons. The Labute approximate surface area is 215 Å². The Balaban J connectivity index is 1.06. The summed E-state index contributed by atoms with van der Waals surface area (Å²) in [5, 5.41) is 3.15. The number of carbonyl (C=O) groups is 1. The maximum atomic E-state index is 13.2. The van der Waals surface area contributed by atoms with Crippen molar-refractivity contribution < 1.29 is 19.0 Å². The van der Waals surface area contributed by atoms with Crippen LogP contribution in [0.2, 0.25) is 0 Å². The number of hydrogen-bond acceptors (Lipinski definition) is 9. The summed E-state index contributed by atoms with van der Waals surface area (Å²) in [7, 11) is 0. The minimum Gasteiger partial charge on any atom is -0.461 e. The lowest BCUT2D eigenvalue weighted by Crippen LogP contribution is -2.37. The van der Waals surface area contributed by atoms with E-state index in [0.717, 1.165) is 70.1 Å². The van der Waals surface area contributed by atoms with E-state index in [1.807, 2.05) is 12.3 Å². The van der Waals surface area contributed by atoms with Gasteiger partial charge in [0, 0.05) is 67.0 Å².